The second kappa shape index (κ2) is 6.80. The van der Waals surface area contributed by atoms with Gasteiger partial charge in [-0.3, -0.25) is 9.78 Å². The first-order valence-corrected chi connectivity index (χ1v) is 11.0. The Morgan fingerprint density at radius 2 is 2.07 bits per heavy atom. The number of benzene rings is 1. The predicted octanol–water partition coefficient (Wildman–Crippen LogP) is 3.53. The summed E-state index contributed by atoms with van der Waals surface area (Å²) in [6, 6.07) is 5.54. The lowest BCUT2D eigenvalue weighted by molar-refractivity contribution is -0.115. The molecule has 3 heterocycles. The maximum Gasteiger partial charge on any atom is 0.263 e. The van der Waals surface area contributed by atoms with E-state index >= 15 is 0 Å². The maximum absolute atomic E-state index is 14.3. The van der Waals surface area contributed by atoms with E-state index in [0.717, 1.165) is 24.1 Å². The molecule has 0 saturated carbocycles. The van der Waals surface area contributed by atoms with Gasteiger partial charge in [0.05, 0.1) is 4.91 Å². The Labute approximate surface area is 168 Å². The molecule has 142 valence electrons. The Morgan fingerprint density at radius 3 is 2.71 bits per heavy atom. The van der Waals surface area contributed by atoms with Crippen LogP contribution in [0.25, 0.3) is 28.2 Å². The van der Waals surface area contributed by atoms with Crippen molar-refractivity contribution in [1.29, 1.82) is 0 Å². The molecule has 0 atom stereocenters. The van der Waals surface area contributed by atoms with Crippen LogP contribution in [0.4, 0.5) is 4.39 Å². The van der Waals surface area contributed by atoms with Gasteiger partial charge in [-0.2, -0.15) is 0 Å². The number of sulfone groups is 1. The van der Waals surface area contributed by atoms with Crippen LogP contribution < -0.4 is 5.32 Å². The predicted molar refractivity (Wildman–Crippen MR) is 109 cm³/mol. The van der Waals surface area contributed by atoms with Crippen molar-refractivity contribution in [2.45, 2.75) is 4.90 Å². The van der Waals surface area contributed by atoms with E-state index in [-0.39, 0.29) is 10.8 Å². The highest BCUT2D eigenvalue weighted by molar-refractivity contribution is 8.26. The molecule has 1 fully saturated rings. The average Bonchev–Trinajstić information content (AvgIpc) is 3.15. The molecule has 2 aromatic heterocycles. The third-order valence-corrected chi connectivity index (χ3v) is 6.29. The van der Waals surface area contributed by atoms with Crippen molar-refractivity contribution >= 4 is 61.1 Å². The number of hydrogen-bond acceptors (Lipinski definition) is 7. The molecule has 6 nitrogen and oxygen atoms in total. The zero-order chi connectivity index (χ0) is 20.1. The Balaban J connectivity index is 1.80. The SMILES string of the molecule is CS(=O)(=O)c1ccc(-c2cncc3cc(/C=C4\SC(=S)NC4=O)oc23)cc1F. The first-order chi connectivity index (χ1) is 13.2. The fraction of sp³-hybridized carbons (Fsp3) is 0.0556. The Hall–Kier alpha value is -2.56. The third-order valence-electron chi connectivity index (χ3n) is 4.00. The minimum atomic E-state index is -3.67. The van der Waals surface area contributed by atoms with E-state index in [9.17, 15) is 17.6 Å². The monoisotopic (exact) mass is 434 g/mol. The number of carbonyl (C=O) groups is 1. The molecule has 1 aliphatic heterocycles. The number of fused-ring (bicyclic) bond motifs is 1. The molecule has 0 aliphatic carbocycles. The topological polar surface area (TPSA) is 89.3 Å². The minimum Gasteiger partial charge on any atom is -0.456 e. The van der Waals surface area contributed by atoms with Gasteiger partial charge in [0.2, 0.25) is 0 Å². The summed E-state index contributed by atoms with van der Waals surface area (Å²) in [4.78, 5) is 16.0. The maximum atomic E-state index is 14.3. The van der Waals surface area contributed by atoms with Crippen molar-refractivity contribution < 1.29 is 22.0 Å². The Morgan fingerprint density at radius 1 is 1.29 bits per heavy atom. The van der Waals surface area contributed by atoms with Crippen molar-refractivity contribution in [3.63, 3.8) is 0 Å². The fourth-order valence-electron chi connectivity index (χ4n) is 2.78. The molecule has 1 aromatic carbocycles. The lowest BCUT2D eigenvalue weighted by Gasteiger charge is -2.05. The Kier molecular flexibility index (Phi) is 4.56. The first-order valence-electron chi connectivity index (χ1n) is 7.85. The van der Waals surface area contributed by atoms with Crippen LogP contribution in [0, 0.1) is 5.82 Å². The van der Waals surface area contributed by atoms with E-state index in [0.29, 0.717) is 37.1 Å². The normalized spacial score (nSPS) is 16.1. The summed E-state index contributed by atoms with van der Waals surface area (Å²) in [5.41, 5.74) is 1.37. The van der Waals surface area contributed by atoms with Gasteiger partial charge in [-0.05, 0) is 23.8 Å². The van der Waals surface area contributed by atoms with Gasteiger partial charge >= 0.3 is 0 Å². The number of halogens is 1. The molecule has 10 heteroatoms. The highest BCUT2D eigenvalue weighted by Crippen LogP contribution is 2.33. The molecule has 1 aliphatic rings. The molecule has 3 aromatic rings. The van der Waals surface area contributed by atoms with Gasteiger partial charge in [0.15, 0.2) is 9.84 Å². The number of thioether (sulfide) groups is 1. The van der Waals surface area contributed by atoms with E-state index < -0.39 is 15.7 Å². The molecule has 1 N–H and O–H groups in total. The second-order valence-corrected chi connectivity index (χ2v) is 9.73. The molecule has 0 spiro atoms. The van der Waals surface area contributed by atoms with E-state index in [4.69, 9.17) is 16.6 Å². The van der Waals surface area contributed by atoms with Gasteiger partial charge in [-0.15, -0.1) is 0 Å². The van der Waals surface area contributed by atoms with Crippen LogP contribution in [0.15, 0.2) is 50.9 Å². The van der Waals surface area contributed by atoms with Crippen LogP contribution in [0.1, 0.15) is 5.76 Å². The summed E-state index contributed by atoms with van der Waals surface area (Å²) in [7, 11) is -3.67. The number of hydrogen-bond donors (Lipinski definition) is 1. The smallest absolute Gasteiger partial charge is 0.263 e. The van der Waals surface area contributed by atoms with Crippen LogP contribution in [-0.2, 0) is 14.6 Å². The highest BCUT2D eigenvalue weighted by atomic mass is 32.2. The summed E-state index contributed by atoms with van der Waals surface area (Å²) in [6.45, 7) is 0. The zero-order valence-electron chi connectivity index (χ0n) is 14.2. The van der Waals surface area contributed by atoms with Crippen molar-refractivity contribution in [3.05, 3.63) is 53.1 Å². The van der Waals surface area contributed by atoms with Crippen molar-refractivity contribution in [3.8, 4) is 11.1 Å². The van der Waals surface area contributed by atoms with Crippen molar-refractivity contribution in [2.24, 2.45) is 0 Å². The quantitative estimate of drug-likeness (QED) is 0.498. The Bertz CT molecular complexity index is 1300. The number of carbonyl (C=O) groups excluding carboxylic acids is 1. The molecule has 0 unspecified atom stereocenters. The molecule has 0 bridgehead atoms. The molecular weight excluding hydrogens is 423 g/mol. The van der Waals surface area contributed by atoms with Crippen LogP contribution >= 0.6 is 24.0 Å². The van der Waals surface area contributed by atoms with Crippen LogP contribution in [0.3, 0.4) is 0 Å². The van der Waals surface area contributed by atoms with Gasteiger partial charge in [0, 0.05) is 35.7 Å². The number of amides is 1. The van der Waals surface area contributed by atoms with Crippen LogP contribution in [-0.4, -0.2) is 29.9 Å². The second-order valence-electron chi connectivity index (χ2n) is 6.02. The fourth-order valence-corrected chi connectivity index (χ4v) is 4.53. The standard InChI is InChI=1S/C18H11FN2O4S3/c1-28(23,24)15-3-2-9(5-13(15)19)12-8-20-7-10-4-11(25-16(10)12)6-14-17(22)21-18(26)27-14/h2-8H,1H3,(H,21,22,26)/b14-6-. The largest absolute Gasteiger partial charge is 0.456 e. The summed E-state index contributed by atoms with van der Waals surface area (Å²) < 4.78 is 43.7. The minimum absolute atomic E-state index is 0.299. The van der Waals surface area contributed by atoms with E-state index in [1.807, 2.05) is 0 Å². The number of rotatable bonds is 3. The number of nitrogens with zero attached hydrogens (tertiary/aromatic N) is 1. The number of pyridine rings is 1. The molecule has 28 heavy (non-hydrogen) atoms. The van der Waals surface area contributed by atoms with Crippen LogP contribution in [0.2, 0.25) is 0 Å². The van der Waals surface area contributed by atoms with Gasteiger partial charge in [0.25, 0.3) is 5.91 Å². The number of aromatic nitrogens is 1. The van der Waals surface area contributed by atoms with E-state index in [1.54, 1.807) is 18.3 Å². The summed E-state index contributed by atoms with van der Waals surface area (Å²) in [5.74, 6) is -0.731. The molecule has 0 radical (unpaired) electrons. The first kappa shape index (κ1) is 18.8. The lowest BCUT2D eigenvalue weighted by atomic mass is 10.1. The summed E-state index contributed by atoms with van der Waals surface area (Å²) in [5, 5.41) is 3.18. The van der Waals surface area contributed by atoms with Crippen molar-refractivity contribution in [2.75, 3.05) is 6.26 Å². The zero-order valence-corrected chi connectivity index (χ0v) is 16.7. The van der Waals surface area contributed by atoms with Crippen molar-refractivity contribution in [1.82, 2.24) is 10.3 Å². The number of thiocarbonyl (C=S) groups is 1. The van der Waals surface area contributed by atoms with Gasteiger partial charge in [0.1, 0.15) is 26.4 Å². The highest BCUT2D eigenvalue weighted by Gasteiger charge is 2.23. The number of nitrogens with one attached hydrogen (secondary N) is 1. The molecular formula is C18H11FN2O4S3. The molecule has 1 saturated heterocycles. The number of furan rings is 1. The van der Waals surface area contributed by atoms with Gasteiger partial charge in [-0.25, -0.2) is 12.8 Å². The average molecular weight is 434 g/mol. The van der Waals surface area contributed by atoms with Gasteiger partial charge < -0.3 is 9.73 Å². The third kappa shape index (κ3) is 3.46. The van der Waals surface area contributed by atoms with Crippen LogP contribution in [0.5, 0.6) is 0 Å². The van der Waals surface area contributed by atoms with E-state index in [1.165, 1.54) is 18.3 Å². The van der Waals surface area contributed by atoms with E-state index in [2.05, 4.69) is 10.3 Å². The molecule has 1 amide bonds. The summed E-state index contributed by atoms with van der Waals surface area (Å²) in [6.07, 6.45) is 5.60. The lowest BCUT2D eigenvalue weighted by Crippen LogP contribution is -2.17. The molecule has 4 rings (SSSR count). The summed E-state index contributed by atoms with van der Waals surface area (Å²) >= 11 is 6.09. The van der Waals surface area contributed by atoms with Gasteiger partial charge in [-0.1, -0.05) is 30.0 Å².